The van der Waals surface area contributed by atoms with Gasteiger partial charge in [0.15, 0.2) is 22.2 Å². The van der Waals surface area contributed by atoms with Gasteiger partial charge in [-0.1, -0.05) is 0 Å². The van der Waals surface area contributed by atoms with Crippen molar-refractivity contribution in [2.24, 2.45) is 0 Å². The van der Waals surface area contributed by atoms with Crippen molar-refractivity contribution in [3.8, 4) is 0 Å². The molecule has 0 aliphatic heterocycles. The van der Waals surface area contributed by atoms with Crippen molar-refractivity contribution < 1.29 is 79.6 Å². The SMILES string of the molecule is O=C(CS(=O)(=O)c1ccc(S(=O)(=O)C(F)(F)F)cc1[N+](=O)[O-])OCC(F)(F)C(F)(F)C(F)(F)C(F)F. The fraction of sp³-hybridized carbons (Fsp3) is 0.500. The number of carbonyl (C=O) groups excluding carboxylic acids is 1. The minimum atomic E-state index is -6.81. The molecule has 206 valence electrons. The van der Waals surface area contributed by atoms with Gasteiger partial charge in [0.25, 0.3) is 15.5 Å². The minimum Gasteiger partial charge on any atom is -0.458 e. The van der Waals surface area contributed by atoms with E-state index in [1.165, 1.54) is 0 Å². The van der Waals surface area contributed by atoms with Crippen LogP contribution in [0.25, 0.3) is 0 Å². The Morgan fingerprint density at radius 3 is 1.89 bits per heavy atom. The van der Waals surface area contributed by atoms with E-state index < -0.39 is 88.1 Å². The number of benzene rings is 1. The Kier molecular flexibility index (Phi) is 8.33. The molecule has 0 N–H and O–H groups in total. The van der Waals surface area contributed by atoms with Crippen LogP contribution in [0.15, 0.2) is 28.0 Å². The minimum absolute atomic E-state index is 0.0881. The predicted molar refractivity (Wildman–Crippen MR) is 90.2 cm³/mol. The molecule has 36 heavy (non-hydrogen) atoms. The van der Waals surface area contributed by atoms with Gasteiger partial charge in [-0.3, -0.25) is 14.9 Å². The lowest BCUT2D eigenvalue weighted by atomic mass is 10.1. The number of ether oxygens (including phenoxy) is 1. The van der Waals surface area contributed by atoms with Crippen molar-refractivity contribution in [3.05, 3.63) is 28.3 Å². The molecule has 0 fully saturated rings. The lowest BCUT2D eigenvalue weighted by Gasteiger charge is -2.31. The lowest BCUT2D eigenvalue weighted by molar-refractivity contribution is -0.388. The normalized spacial score (nSPS) is 14.1. The summed E-state index contributed by atoms with van der Waals surface area (Å²) in [5.74, 6) is -24.3. The quantitative estimate of drug-likeness (QED) is 0.175. The van der Waals surface area contributed by atoms with E-state index in [0.29, 0.717) is 0 Å². The van der Waals surface area contributed by atoms with Crippen LogP contribution in [0.5, 0.6) is 0 Å². The maximum Gasteiger partial charge on any atom is 0.501 e. The zero-order valence-corrected chi connectivity index (χ0v) is 18.0. The number of esters is 1. The third kappa shape index (κ3) is 5.78. The topological polar surface area (TPSA) is 138 Å². The zero-order chi connectivity index (χ0) is 28.7. The molecule has 0 radical (unpaired) electrons. The largest absolute Gasteiger partial charge is 0.501 e. The van der Waals surface area contributed by atoms with Crippen LogP contribution >= 0.6 is 0 Å². The first-order valence-electron chi connectivity index (χ1n) is 8.22. The van der Waals surface area contributed by atoms with Crippen molar-refractivity contribution in [2.75, 3.05) is 12.4 Å². The van der Waals surface area contributed by atoms with E-state index in [1.807, 2.05) is 0 Å². The summed E-state index contributed by atoms with van der Waals surface area (Å²) in [5.41, 5.74) is -7.85. The Morgan fingerprint density at radius 2 is 1.47 bits per heavy atom. The van der Waals surface area contributed by atoms with E-state index in [2.05, 4.69) is 4.74 Å². The number of nitrogens with zero attached hydrogens (tertiary/aromatic N) is 1. The van der Waals surface area contributed by atoms with Gasteiger partial charge in [-0.2, -0.15) is 39.5 Å². The summed E-state index contributed by atoms with van der Waals surface area (Å²) in [6.45, 7) is -3.07. The van der Waals surface area contributed by atoms with Gasteiger partial charge in [-0.15, -0.1) is 0 Å². The van der Waals surface area contributed by atoms with Crippen LogP contribution in [0.4, 0.5) is 54.0 Å². The first-order valence-corrected chi connectivity index (χ1v) is 11.4. The number of nitro groups is 1. The average molecular weight is 591 g/mol. The zero-order valence-electron chi connectivity index (χ0n) is 16.4. The van der Waals surface area contributed by atoms with Crippen molar-refractivity contribution in [3.63, 3.8) is 0 Å². The number of nitro benzene ring substituents is 1. The van der Waals surface area contributed by atoms with Crippen molar-refractivity contribution in [1.29, 1.82) is 0 Å². The molecule has 22 heteroatoms. The van der Waals surface area contributed by atoms with Crippen LogP contribution in [-0.4, -0.2) is 69.8 Å². The monoisotopic (exact) mass is 591 g/mol. The highest BCUT2D eigenvalue weighted by atomic mass is 32.2. The van der Waals surface area contributed by atoms with E-state index in [0.717, 1.165) is 0 Å². The van der Waals surface area contributed by atoms with Crippen LogP contribution in [0.2, 0.25) is 0 Å². The number of rotatable bonds is 10. The first kappa shape index (κ1) is 31.3. The summed E-state index contributed by atoms with van der Waals surface area (Å²) < 4.78 is 191. The van der Waals surface area contributed by atoms with Gasteiger partial charge in [0.05, 0.1) is 9.82 Å². The molecule has 0 aliphatic carbocycles. The summed E-state index contributed by atoms with van der Waals surface area (Å²) >= 11 is 0. The van der Waals surface area contributed by atoms with Crippen molar-refractivity contribution in [1.82, 2.24) is 0 Å². The predicted octanol–water partition coefficient (Wildman–Crippen LogP) is 3.38. The Balaban J connectivity index is 3.25. The molecule has 1 aromatic rings. The molecule has 0 atom stereocenters. The molecule has 1 rings (SSSR count). The molecular formula is C14H8F11NO8S2. The molecule has 0 saturated carbocycles. The van der Waals surface area contributed by atoms with Gasteiger partial charge in [-0.05, 0) is 12.1 Å². The molecule has 1 aromatic carbocycles. The molecule has 0 aromatic heterocycles. The van der Waals surface area contributed by atoms with Crippen LogP contribution in [0, 0.1) is 10.1 Å². The van der Waals surface area contributed by atoms with Gasteiger partial charge in [-0.25, -0.2) is 25.6 Å². The molecule has 0 aliphatic rings. The third-order valence-corrected chi connectivity index (χ3v) is 7.07. The maximum absolute atomic E-state index is 13.4. The van der Waals surface area contributed by atoms with Crippen LogP contribution in [-0.2, 0) is 29.2 Å². The molecule has 0 bridgehead atoms. The molecule has 0 spiro atoms. The van der Waals surface area contributed by atoms with Crippen LogP contribution in [0.1, 0.15) is 0 Å². The molecule has 0 heterocycles. The van der Waals surface area contributed by atoms with Crippen LogP contribution in [0.3, 0.4) is 0 Å². The fourth-order valence-corrected chi connectivity index (χ4v) is 4.18. The third-order valence-electron chi connectivity index (χ3n) is 3.95. The van der Waals surface area contributed by atoms with Gasteiger partial charge in [0.2, 0.25) is 0 Å². The second kappa shape index (κ2) is 9.59. The summed E-state index contributed by atoms with van der Waals surface area (Å²) in [7, 11) is -11.7. The smallest absolute Gasteiger partial charge is 0.458 e. The number of hydrogen-bond acceptors (Lipinski definition) is 8. The second-order valence-electron chi connectivity index (χ2n) is 6.46. The lowest BCUT2D eigenvalue weighted by Crippen LogP contribution is -2.59. The van der Waals surface area contributed by atoms with E-state index in [-0.39, 0.29) is 18.2 Å². The standard InChI is InChI=1S/C14H8F11NO8S2/c15-10(16)12(19,20)13(21,22)11(17,18)5-34-9(27)4-35(30,31)8-2-1-6(3-7(8)26(28)29)36(32,33)14(23,24)25/h1-3,10H,4-5H2. The fourth-order valence-electron chi connectivity index (χ4n) is 2.12. The van der Waals surface area contributed by atoms with Gasteiger partial charge < -0.3 is 4.74 Å². The molecular weight excluding hydrogens is 583 g/mol. The second-order valence-corrected chi connectivity index (χ2v) is 10.4. The summed E-state index contributed by atoms with van der Waals surface area (Å²) in [4.78, 5) is 17.3. The Morgan fingerprint density at radius 1 is 0.972 bits per heavy atom. The molecule has 0 unspecified atom stereocenters. The summed E-state index contributed by atoms with van der Waals surface area (Å²) in [6, 6.07) is -0.553. The first-order chi connectivity index (χ1) is 15.8. The van der Waals surface area contributed by atoms with Crippen LogP contribution < -0.4 is 0 Å². The maximum atomic E-state index is 13.4. The van der Waals surface area contributed by atoms with E-state index >= 15 is 0 Å². The van der Waals surface area contributed by atoms with Crippen molar-refractivity contribution in [2.45, 2.75) is 39.5 Å². The van der Waals surface area contributed by atoms with Gasteiger partial charge in [0, 0.05) is 6.07 Å². The summed E-state index contributed by atoms with van der Waals surface area (Å²) in [5, 5.41) is 11.0. The molecule has 0 amide bonds. The highest BCUT2D eigenvalue weighted by Crippen LogP contribution is 2.48. The van der Waals surface area contributed by atoms with Crippen molar-refractivity contribution >= 4 is 31.3 Å². The molecule has 0 saturated heterocycles. The van der Waals surface area contributed by atoms with E-state index in [4.69, 9.17) is 0 Å². The van der Waals surface area contributed by atoms with E-state index in [9.17, 15) is 80.0 Å². The Labute approximate surface area is 191 Å². The Bertz CT molecular complexity index is 1240. The number of sulfone groups is 2. The average Bonchev–Trinajstić information content (AvgIpc) is 2.70. The van der Waals surface area contributed by atoms with Gasteiger partial charge in [0.1, 0.15) is 4.90 Å². The number of halogens is 11. The highest BCUT2D eigenvalue weighted by Gasteiger charge is 2.75. The molecule has 9 nitrogen and oxygen atoms in total. The van der Waals surface area contributed by atoms with Gasteiger partial charge >= 0.3 is 35.7 Å². The summed E-state index contributed by atoms with van der Waals surface area (Å²) in [6.07, 6.45) is -5.31. The number of hydrogen-bond donors (Lipinski definition) is 0. The van der Waals surface area contributed by atoms with E-state index in [1.54, 1.807) is 0 Å². The highest BCUT2D eigenvalue weighted by molar-refractivity contribution is 7.92. The number of alkyl halides is 11. The number of carbonyl (C=O) groups is 1. The Hall–Kier alpha value is -2.78.